The smallest absolute Gasteiger partial charge is 0.160 e. The standard InChI is InChI=1S/C50H34N2O/c1-4-17-34(18-5-1)44-28-15-29-45(52-50(51-44)42-31-30-33-16-10-12-24-38(33)46(42)35-19-6-2-7-20-35)41-27-14-26-40-43-32-37-23-11-13-25-39(37)47(49(43)53-48(40)41)36-21-8-3-9-22-36/h1-14,16-28,30-32H,15,29H2/b44-28-,51-50-,52-45+. The monoisotopic (exact) mass is 678 g/mol. The van der Waals surface area contributed by atoms with E-state index >= 15 is 0 Å². The van der Waals surface area contributed by atoms with Crippen molar-refractivity contribution in [3.8, 4) is 22.3 Å². The SMILES string of the molecule is C1=C(c2ccccc2)/N=C(c2ccc3ccccc3c2-c2ccccc2)\N=C(\c2cccc3c2oc2c(-c4ccccc4)c4ccccc4cc23)CC\1. The van der Waals surface area contributed by atoms with Gasteiger partial charge < -0.3 is 4.42 Å². The van der Waals surface area contributed by atoms with Crippen LogP contribution in [0.3, 0.4) is 0 Å². The summed E-state index contributed by atoms with van der Waals surface area (Å²) in [7, 11) is 0. The first-order valence-corrected chi connectivity index (χ1v) is 18.2. The van der Waals surface area contributed by atoms with E-state index in [-0.39, 0.29) is 0 Å². The Hall–Kier alpha value is -6.84. The number of rotatable bonds is 5. The molecular weight excluding hydrogens is 645 g/mol. The van der Waals surface area contributed by atoms with Gasteiger partial charge in [-0.2, -0.15) is 0 Å². The fraction of sp³-hybridized carbons (Fsp3) is 0.0400. The summed E-state index contributed by atoms with van der Waals surface area (Å²) >= 11 is 0. The molecule has 0 radical (unpaired) electrons. The fourth-order valence-electron chi connectivity index (χ4n) is 7.91. The maximum Gasteiger partial charge on any atom is 0.160 e. The predicted octanol–water partition coefficient (Wildman–Crippen LogP) is 13.3. The fourth-order valence-corrected chi connectivity index (χ4v) is 7.91. The molecule has 0 N–H and O–H groups in total. The minimum Gasteiger partial charge on any atom is -0.455 e. The highest BCUT2D eigenvalue weighted by atomic mass is 16.3. The molecule has 2 heterocycles. The van der Waals surface area contributed by atoms with Gasteiger partial charge in [0.15, 0.2) is 5.84 Å². The lowest BCUT2D eigenvalue weighted by Gasteiger charge is -2.17. The molecule has 0 saturated heterocycles. The molecule has 9 aromatic rings. The van der Waals surface area contributed by atoms with Crippen LogP contribution in [0.1, 0.15) is 29.5 Å². The second-order valence-electron chi connectivity index (χ2n) is 13.6. The zero-order valence-electron chi connectivity index (χ0n) is 29.0. The Balaban J connectivity index is 1.24. The molecule has 3 heteroatoms. The number of aliphatic imine (C=N–C) groups is 2. The Kier molecular flexibility index (Phi) is 7.62. The average Bonchev–Trinajstić information content (AvgIpc) is 3.59. The summed E-state index contributed by atoms with van der Waals surface area (Å²) < 4.78 is 7.05. The summed E-state index contributed by atoms with van der Waals surface area (Å²) in [5.41, 5.74) is 11.2. The number of benzene rings is 8. The van der Waals surface area contributed by atoms with Crippen molar-refractivity contribution >= 4 is 60.7 Å². The van der Waals surface area contributed by atoms with Gasteiger partial charge in [0.25, 0.3) is 0 Å². The Morgan fingerprint density at radius 3 is 1.75 bits per heavy atom. The van der Waals surface area contributed by atoms with Crippen LogP contribution in [0.5, 0.6) is 0 Å². The topological polar surface area (TPSA) is 37.9 Å². The second kappa shape index (κ2) is 13.0. The van der Waals surface area contributed by atoms with Crippen LogP contribution >= 0.6 is 0 Å². The van der Waals surface area contributed by atoms with Gasteiger partial charge >= 0.3 is 0 Å². The van der Waals surface area contributed by atoms with Gasteiger partial charge in [-0.3, -0.25) is 0 Å². The maximum atomic E-state index is 7.05. The van der Waals surface area contributed by atoms with E-state index in [0.717, 1.165) is 85.1 Å². The lowest BCUT2D eigenvalue weighted by atomic mass is 9.92. The van der Waals surface area contributed by atoms with Crippen LogP contribution in [-0.2, 0) is 0 Å². The molecule has 53 heavy (non-hydrogen) atoms. The zero-order valence-corrected chi connectivity index (χ0v) is 29.0. The van der Waals surface area contributed by atoms with Crippen molar-refractivity contribution in [2.24, 2.45) is 9.98 Å². The molecule has 0 unspecified atom stereocenters. The van der Waals surface area contributed by atoms with E-state index in [1.54, 1.807) is 0 Å². The molecular formula is C50H34N2O. The minimum absolute atomic E-state index is 0.684. The molecule has 1 aliphatic heterocycles. The number of hydrogen-bond acceptors (Lipinski definition) is 3. The number of para-hydroxylation sites is 1. The Morgan fingerprint density at radius 2 is 1.02 bits per heavy atom. The number of furan rings is 1. The third-order valence-corrected chi connectivity index (χ3v) is 10.4. The number of fused-ring (bicyclic) bond motifs is 5. The van der Waals surface area contributed by atoms with Gasteiger partial charge in [-0.1, -0.05) is 164 Å². The molecule has 8 aromatic carbocycles. The van der Waals surface area contributed by atoms with Gasteiger partial charge in [0.05, 0.1) is 11.4 Å². The van der Waals surface area contributed by atoms with Crippen LogP contribution in [0, 0.1) is 0 Å². The van der Waals surface area contributed by atoms with Crippen molar-refractivity contribution in [1.82, 2.24) is 0 Å². The van der Waals surface area contributed by atoms with E-state index in [2.05, 4.69) is 176 Å². The van der Waals surface area contributed by atoms with Crippen molar-refractivity contribution < 1.29 is 4.42 Å². The van der Waals surface area contributed by atoms with Crippen LogP contribution in [0.2, 0.25) is 0 Å². The molecule has 0 saturated carbocycles. The highest BCUT2D eigenvalue weighted by Gasteiger charge is 2.22. The van der Waals surface area contributed by atoms with E-state index in [1.165, 1.54) is 21.5 Å². The molecule has 0 amide bonds. The average molecular weight is 679 g/mol. The van der Waals surface area contributed by atoms with Crippen molar-refractivity contribution in [2.45, 2.75) is 12.8 Å². The van der Waals surface area contributed by atoms with Gasteiger partial charge in [-0.15, -0.1) is 0 Å². The molecule has 1 aromatic heterocycles. The van der Waals surface area contributed by atoms with Gasteiger partial charge in [0, 0.05) is 33.0 Å². The van der Waals surface area contributed by atoms with E-state index in [0.29, 0.717) is 5.84 Å². The Labute approximate surface area is 307 Å². The van der Waals surface area contributed by atoms with E-state index in [1.807, 2.05) is 6.07 Å². The van der Waals surface area contributed by atoms with Crippen molar-refractivity contribution in [2.75, 3.05) is 0 Å². The summed E-state index contributed by atoms with van der Waals surface area (Å²) in [4.78, 5) is 11.0. The number of allylic oxidation sites excluding steroid dienone is 1. The summed E-state index contributed by atoms with van der Waals surface area (Å²) in [6.45, 7) is 0. The summed E-state index contributed by atoms with van der Waals surface area (Å²) in [5.74, 6) is 0.684. The highest BCUT2D eigenvalue weighted by molar-refractivity contribution is 6.24. The molecule has 0 aliphatic carbocycles. The van der Waals surface area contributed by atoms with Crippen LogP contribution in [-0.4, -0.2) is 11.5 Å². The largest absolute Gasteiger partial charge is 0.455 e. The second-order valence-corrected chi connectivity index (χ2v) is 13.6. The van der Waals surface area contributed by atoms with Gasteiger partial charge in [-0.25, -0.2) is 9.98 Å². The van der Waals surface area contributed by atoms with E-state index in [4.69, 9.17) is 14.4 Å². The molecule has 10 rings (SSSR count). The normalized spacial score (nSPS) is 16.4. The van der Waals surface area contributed by atoms with Gasteiger partial charge in [-0.05, 0) is 69.3 Å². The summed E-state index contributed by atoms with van der Waals surface area (Å²) in [6.07, 6.45) is 3.78. The number of nitrogens with zero attached hydrogens (tertiary/aromatic N) is 2. The first-order chi connectivity index (χ1) is 26.3. The van der Waals surface area contributed by atoms with Crippen molar-refractivity contribution in [3.05, 3.63) is 199 Å². The summed E-state index contributed by atoms with van der Waals surface area (Å²) in [6, 6.07) is 61.9. The maximum absolute atomic E-state index is 7.05. The van der Waals surface area contributed by atoms with Gasteiger partial charge in [0.2, 0.25) is 0 Å². The first-order valence-electron chi connectivity index (χ1n) is 18.2. The Morgan fingerprint density at radius 1 is 0.415 bits per heavy atom. The third kappa shape index (κ3) is 5.46. The lowest BCUT2D eigenvalue weighted by molar-refractivity contribution is 0.669. The lowest BCUT2D eigenvalue weighted by Crippen LogP contribution is -2.10. The first kappa shape index (κ1) is 30.9. The van der Waals surface area contributed by atoms with Crippen molar-refractivity contribution in [3.63, 3.8) is 0 Å². The highest BCUT2D eigenvalue weighted by Crippen LogP contribution is 2.42. The minimum atomic E-state index is 0.684. The molecule has 250 valence electrons. The number of hydrogen-bond donors (Lipinski definition) is 0. The third-order valence-electron chi connectivity index (χ3n) is 10.4. The molecule has 1 aliphatic rings. The molecule has 0 atom stereocenters. The Bertz CT molecular complexity index is 2920. The van der Waals surface area contributed by atoms with E-state index in [9.17, 15) is 0 Å². The van der Waals surface area contributed by atoms with Crippen LogP contribution in [0.25, 0.3) is 71.4 Å². The molecule has 0 spiro atoms. The van der Waals surface area contributed by atoms with Crippen LogP contribution in [0.15, 0.2) is 196 Å². The quantitative estimate of drug-likeness (QED) is 0.179. The van der Waals surface area contributed by atoms with Crippen LogP contribution in [0.4, 0.5) is 0 Å². The predicted molar refractivity (Wildman–Crippen MR) is 223 cm³/mol. The molecule has 0 bridgehead atoms. The molecule has 0 fully saturated rings. The van der Waals surface area contributed by atoms with E-state index < -0.39 is 0 Å². The number of amidine groups is 1. The van der Waals surface area contributed by atoms with Gasteiger partial charge in [0.1, 0.15) is 11.2 Å². The zero-order chi connectivity index (χ0) is 35.1. The molecule has 3 nitrogen and oxygen atoms in total. The van der Waals surface area contributed by atoms with Crippen LogP contribution < -0.4 is 0 Å². The van der Waals surface area contributed by atoms with Crippen molar-refractivity contribution in [1.29, 1.82) is 0 Å². The summed E-state index contributed by atoms with van der Waals surface area (Å²) in [5, 5.41) is 6.90.